The lowest BCUT2D eigenvalue weighted by Gasteiger charge is -2.37. The SMILES string of the molecule is COCC(COP(=O)(O)OC1[CH]C(O)C(O)C(O)C1O)OC. The summed E-state index contributed by atoms with van der Waals surface area (Å²) >= 11 is 0. The zero-order chi connectivity index (χ0) is 16.9. The number of hydrogen-bond acceptors (Lipinski definition) is 9. The van der Waals surface area contributed by atoms with Crippen LogP contribution in [-0.4, -0.2) is 89.4 Å². The summed E-state index contributed by atoms with van der Waals surface area (Å²) in [5.41, 5.74) is 0. The highest BCUT2D eigenvalue weighted by atomic mass is 31.2. The van der Waals surface area contributed by atoms with Crippen molar-refractivity contribution in [3.8, 4) is 0 Å². The molecule has 1 rings (SSSR count). The minimum atomic E-state index is -4.59. The molecule has 131 valence electrons. The molecule has 1 aliphatic rings. The molecule has 10 nitrogen and oxygen atoms in total. The van der Waals surface area contributed by atoms with Crippen LogP contribution < -0.4 is 0 Å². The number of phosphoric ester groups is 1. The monoisotopic (exact) mass is 345 g/mol. The van der Waals surface area contributed by atoms with Crippen molar-refractivity contribution in [1.29, 1.82) is 0 Å². The lowest BCUT2D eigenvalue weighted by Crippen LogP contribution is -2.56. The highest BCUT2D eigenvalue weighted by molar-refractivity contribution is 7.47. The average molecular weight is 345 g/mol. The summed E-state index contributed by atoms with van der Waals surface area (Å²) in [7, 11) is -1.81. The standard InChI is InChI=1S/C11H22O10P/c1-18-4-6(19-2)5-20-22(16,17)21-8-3-7(12)9(13)11(15)10(8)14/h3,6-15H,4-5H2,1-2H3,(H,16,17). The van der Waals surface area contributed by atoms with Crippen molar-refractivity contribution in [3.05, 3.63) is 6.42 Å². The van der Waals surface area contributed by atoms with E-state index >= 15 is 0 Å². The molecule has 0 aliphatic heterocycles. The van der Waals surface area contributed by atoms with Crippen LogP contribution in [0.25, 0.3) is 0 Å². The second-order valence-corrected chi connectivity index (χ2v) is 6.21. The Morgan fingerprint density at radius 1 is 1.09 bits per heavy atom. The Labute approximate surface area is 127 Å². The Kier molecular flexibility index (Phi) is 7.83. The van der Waals surface area contributed by atoms with Gasteiger partial charge in [-0.05, 0) is 0 Å². The Morgan fingerprint density at radius 3 is 2.27 bits per heavy atom. The molecule has 0 spiro atoms. The van der Waals surface area contributed by atoms with Crippen molar-refractivity contribution in [2.24, 2.45) is 0 Å². The minimum Gasteiger partial charge on any atom is -0.390 e. The average Bonchev–Trinajstić information content (AvgIpc) is 2.46. The van der Waals surface area contributed by atoms with Crippen molar-refractivity contribution in [2.45, 2.75) is 36.6 Å². The van der Waals surface area contributed by atoms with Crippen molar-refractivity contribution in [3.63, 3.8) is 0 Å². The molecular formula is C11H22O10P. The molecule has 22 heavy (non-hydrogen) atoms. The maximum absolute atomic E-state index is 11.8. The first-order valence-electron chi connectivity index (χ1n) is 6.46. The number of methoxy groups -OCH3 is 2. The second-order valence-electron chi connectivity index (χ2n) is 4.80. The van der Waals surface area contributed by atoms with Gasteiger partial charge in [-0.2, -0.15) is 0 Å². The fourth-order valence-electron chi connectivity index (χ4n) is 1.85. The summed E-state index contributed by atoms with van der Waals surface area (Å²) in [6, 6.07) is 0. The van der Waals surface area contributed by atoms with Crippen LogP contribution in [0, 0.1) is 6.42 Å². The molecular weight excluding hydrogens is 323 g/mol. The van der Waals surface area contributed by atoms with Gasteiger partial charge in [0, 0.05) is 20.6 Å². The summed E-state index contributed by atoms with van der Waals surface area (Å²) in [5.74, 6) is 0. The molecule has 0 aromatic carbocycles. The first-order chi connectivity index (χ1) is 10.2. The van der Waals surface area contributed by atoms with Gasteiger partial charge in [-0.1, -0.05) is 0 Å². The van der Waals surface area contributed by atoms with E-state index in [1.807, 2.05) is 0 Å². The molecule has 0 saturated heterocycles. The topological polar surface area (TPSA) is 155 Å². The van der Waals surface area contributed by atoms with Crippen molar-refractivity contribution >= 4 is 7.82 Å². The molecule has 7 atom stereocenters. The molecule has 1 fully saturated rings. The fraction of sp³-hybridized carbons (Fsp3) is 0.909. The Balaban J connectivity index is 2.58. The maximum atomic E-state index is 11.8. The van der Waals surface area contributed by atoms with Crippen molar-refractivity contribution in [2.75, 3.05) is 27.4 Å². The van der Waals surface area contributed by atoms with E-state index in [0.717, 1.165) is 6.42 Å². The lowest BCUT2D eigenvalue weighted by molar-refractivity contribution is -0.151. The fourth-order valence-corrected chi connectivity index (χ4v) is 2.77. The molecule has 0 heterocycles. The Hall–Kier alpha value is -0.130. The molecule has 1 radical (unpaired) electrons. The van der Waals surface area contributed by atoms with Crippen LogP contribution in [0.2, 0.25) is 0 Å². The Morgan fingerprint density at radius 2 is 1.73 bits per heavy atom. The molecule has 0 bridgehead atoms. The number of aliphatic hydroxyl groups is 4. The van der Waals surface area contributed by atoms with Gasteiger partial charge >= 0.3 is 7.82 Å². The van der Waals surface area contributed by atoms with Crippen LogP contribution in [0.4, 0.5) is 0 Å². The predicted octanol–water partition coefficient (Wildman–Crippen LogP) is -2.19. The smallest absolute Gasteiger partial charge is 0.390 e. The number of aliphatic hydroxyl groups excluding tert-OH is 4. The van der Waals surface area contributed by atoms with E-state index in [4.69, 9.17) is 18.5 Å². The summed E-state index contributed by atoms with van der Waals surface area (Å²) in [4.78, 5) is 9.59. The van der Waals surface area contributed by atoms with E-state index < -0.39 is 44.4 Å². The third kappa shape index (κ3) is 5.50. The van der Waals surface area contributed by atoms with Crippen LogP contribution in [0.1, 0.15) is 0 Å². The van der Waals surface area contributed by atoms with Crippen LogP contribution >= 0.6 is 7.82 Å². The zero-order valence-corrected chi connectivity index (χ0v) is 13.1. The van der Waals surface area contributed by atoms with Gasteiger partial charge in [0.1, 0.15) is 30.5 Å². The van der Waals surface area contributed by atoms with Gasteiger partial charge in [-0.15, -0.1) is 0 Å². The third-order valence-electron chi connectivity index (χ3n) is 3.14. The van der Waals surface area contributed by atoms with Gasteiger partial charge in [0.25, 0.3) is 0 Å². The van der Waals surface area contributed by atoms with E-state index in [1.54, 1.807) is 0 Å². The molecule has 1 saturated carbocycles. The Bertz CT molecular complexity index is 380. The summed E-state index contributed by atoms with van der Waals surface area (Å²) in [6.45, 7) is -0.188. The molecule has 1 aliphatic carbocycles. The number of rotatable bonds is 8. The van der Waals surface area contributed by atoms with E-state index in [-0.39, 0.29) is 13.2 Å². The van der Waals surface area contributed by atoms with E-state index in [9.17, 15) is 29.9 Å². The first kappa shape index (κ1) is 19.9. The minimum absolute atomic E-state index is 0.123. The largest absolute Gasteiger partial charge is 0.472 e. The molecule has 7 unspecified atom stereocenters. The van der Waals surface area contributed by atoms with E-state index in [0.29, 0.717) is 0 Å². The molecule has 0 amide bonds. The molecule has 0 aromatic heterocycles. The van der Waals surface area contributed by atoms with Gasteiger partial charge in [0.05, 0.1) is 19.3 Å². The third-order valence-corrected chi connectivity index (χ3v) is 4.12. The summed E-state index contributed by atoms with van der Waals surface area (Å²) in [5, 5.41) is 38.0. The zero-order valence-electron chi connectivity index (χ0n) is 12.2. The van der Waals surface area contributed by atoms with Crippen molar-refractivity contribution in [1.82, 2.24) is 0 Å². The maximum Gasteiger partial charge on any atom is 0.472 e. The normalized spacial score (nSPS) is 36.8. The van der Waals surface area contributed by atoms with Gasteiger partial charge in [-0.3, -0.25) is 9.05 Å². The van der Waals surface area contributed by atoms with Crippen LogP contribution in [0.3, 0.4) is 0 Å². The van der Waals surface area contributed by atoms with Gasteiger partial charge in [0.2, 0.25) is 0 Å². The summed E-state index contributed by atoms with van der Waals surface area (Å²) < 4.78 is 31.0. The molecule has 11 heteroatoms. The quantitative estimate of drug-likeness (QED) is 0.306. The highest BCUT2D eigenvalue weighted by Gasteiger charge is 2.45. The number of ether oxygens (including phenoxy) is 2. The predicted molar refractivity (Wildman–Crippen MR) is 71.7 cm³/mol. The van der Waals surface area contributed by atoms with Crippen LogP contribution in [0.15, 0.2) is 0 Å². The van der Waals surface area contributed by atoms with Crippen molar-refractivity contribution < 1.29 is 48.4 Å². The van der Waals surface area contributed by atoms with E-state index in [1.165, 1.54) is 14.2 Å². The van der Waals surface area contributed by atoms with Gasteiger partial charge < -0.3 is 34.8 Å². The number of phosphoric acid groups is 1. The molecule has 5 N–H and O–H groups in total. The lowest BCUT2D eigenvalue weighted by atomic mass is 9.87. The molecule has 0 aromatic rings. The first-order valence-corrected chi connectivity index (χ1v) is 7.96. The van der Waals surface area contributed by atoms with Crippen LogP contribution in [0.5, 0.6) is 0 Å². The number of hydrogen-bond donors (Lipinski definition) is 5. The van der Waals surface area contributed by atoms with Gasteiger partial charge in [0.15, 0.2) is 0 Å². The highest BCUT2D eigenvalue weighted by Crippen LogP contribution is 2.46. The van der Waals surface area contributed by atoms with E-state index in [2.05, 4.69) is 0 Å². The van der Waals surface area contributed by atoms with Gasteiger partial charge in [-0.25, -0.2) is 4.57 Å². The second kappa shape index (κ2) is 8.65. The van der Waals surface area contributed by atoms with Crippen LogP contribution in [-0.2, 0) is 23.1 Å². The summed E-state index contributed by atoms with van der Waals surface area (Å²) in [6.07, 6.45) is -7.76.